The molecule has 1 heterocycles. The molecule has 0 fully saturated rings. The summed E-state index contributed by atoms with van der Waals surface area (Å²) in [5.41, 5.74) is 0.608. The fraction of sp³-hybridized carbons (Fsp3) is 0.154. The molecule has 1 aromatic heterocycles. The zero-order valence-electron chi connectivity index (χ0n) is 10.6. The minimum absolute atomic E-state index is 0.0849. The van der Waals surface area contributed by atoms with Gasteiger partial charge in [-0.25, -0.2) is 0 Å². The summed E-state index contributed by atoms with van der Waals surface area (Å²) in [7, 11) is 0. The summed E-state index contributed by atoms with van der Waals surface area (Å²) in [5, 5.41) is 10.8. The van der Waals surface area contributed by atoms with Crippen LogP contribution >= 0.6 is 23.2 Å². The number of hydrogen-bond acceptors (Lipinski definition) is 4. The van der Waals surface area contributed by atoms with Crippen LogP contribution in [0, 0.1) is 0 Å². The molecule has 0 unspecified atom stereocenters. The lowest BCUT2D eigenvalue weighted by molar-refractivity contribution is -0.115. The van der Waals surface area contributed by atoms with Crippen molar-refractivity contribution in [2.45, 2.75) is 13.3 Å². The number of nitrogens with zero attached hydrogens (tertiary/aromatic N) is 2. The third kappa shape index (κ3) is 3.82. The lowest BCUT2D eigenvalue weighted by Gasteiger charge is -2.08. The molecule has 104 valence electrons. The maximum absolute atomic E-state index is 11.3. The van der Waals surface area contributed by atoms with Crippen LogP contribution in [0.25, 0.3) is 0 Å². The van der Waals surface area contributed by atoms with Gasteiger partial charge in [0.05, 0.1) is 5.02 Å². The number of amides is 1. The Balaban J connectivity index is 2.13. The van der Waals surface area contributed by atoms with Crippen molar-refractivity contribution in [3.63, 3.8) is 0 Å². The molecule has 20 heavy (non-hydrogen) atoms. The molecular formula is C13H11Cl2N3O2. The van der Waals surface area contributed by atoms with E-state index >= 15 is 0 Å². The molecule has 0 bridgehead atoms. The highest BCUT2D eigenvalue weighted by Crippen LogP contribution is 2.30. The molecule has 1 aromatic carbocycles. The number of nitrogens with one attached hydrogen (secondary N) is 1. The molecule has 0 spiro atoms. The number of carbonyl (C=O) groups excluding carboxylic acids is 1. The highest BCUT2D eigenvalue weighted by Gasteiger charge is 2.07. The summed E-state index contributed by atoms with van der Waals surface area (Å²) in [6, 6.07) is 8.09. The lowest BCUT2D eigenvalue weighted by Crippen LogP contribution is -2.09. The van der Waals surface area contributed by atoms with Crippen LogP contribution in [-0.4, -0.2) is 16.1 Å². The highest BCUT2D eigenvalue weighted by molar-refractivity contribution is 6.32. The van der Waals surface area contributed by atoms with E-state index in [2.05, 4.69) is 15.5 Å². The summed E-state index contributed by atoms with van der Waals surface area (Å²) in [6.07, 6.45) is 0.399. The molecule has 0 radical (unpaired) electrons. The Kier molecular flexibility index (Phi) is 4.76. The fourth-order valence-electron chi connectivity index (χ4n) is 1.38. The maximum atomic E-state index is 11.3. The fourth-order valence-corrected chi connectivity index (χ4v) is 1.70. The molecule has 2 rings (SSSR count). The van der Waals surface area contributed by atoms with E-state index in [1.807, 2.05) is 0 Å². The van der Waals surface area contributed by atoms with Crippen LogP contribution in [0.5, 0.6) is 11.6 Å². The van der Waals surface area contributed by atoms with E-state index in [1.165, 1.54) is 0 Å². The first-order chi connectivity index (χ1) is 9.58. The van der Waals surface area contributed by atoms with Crippen molar-refractivity contribution in [2.24, 2.45) is 0 Å². The van der Waals surface area contributed by atoms with Crippen LogP contribution in [0.1, 0.15) is 13.3 Å². The maximum Gasteiger partial charge on any atom is 0.239 e. The third-order valence-electron chi connectivity index (χ3n) is 2.36. The van der Waals surface area contributed by atoms with E-state index in [9.17, 15) is 4.79 Å². The number of carbonyl (C=O) groups is 1. The van der Waals surface area contributed by atoms with Crippen LogP contribution in [0.4, 0.5) is 5.69 Å². The number of halogens is 2. The normalized spacial score (nSPS) is 10.2. The zero-order valence-corrected chi connectivity index (χ0v) is 12.1. The number of rotatable bonds is 4. The topological polar surface area (TPSA) is 64.1 Å². The second-order valence-electron chi connectivity index (χ2n) is 3.84. The summed E-state index contributed by atoms with van der Waals surface area (Å²) in [5.74, 6) is 0.609. The van der Waals surface area contributed by atoms with Gasteiger partial charge in [-0.2, -0.15) is 0 Å². The van der Waals surface area contributed by atoms with E-state index in [4.69, 9.17) is 27.9 Å². The van der Waals surface area contributed by atoms with Gasteiger partial charge in [-0.3, -0.25) is 4.79 Å². The van der Waals surface area contributed by atoms with Crippen molar-refractivity contribution in [3.8, 4) is 11.6 Å². The van der Waals surface area contributed by atoms with Gasteiger partial charge in [0, 0.05) is 18.2 Å². The standard InChI is InChI=1S/C13H11Cl2N3O2/c1-2-12(19)16-8-3-4-10(9(14)7-8)20-13-6-5-11(15)17-18-13/h3-7H,2H2,1H3,(H,16,19). The first-order valence-corrected chi connectivity index (χ1v) is 6.60. The second kappa shape index (κ2) is 6.54. The number of hydrogen-bond donors (Lipinski definition) is 1. The molecule has 0 aliphatic heterocycles. The summed E-state index contributed by atoms with van der Waals surface area (Å²) in [4.78, 5) is 11.3. The van der Waals surface area contributed by atoms with Gasteiger partial charge < -0.3 is 10.1 Å². The molecule has 0 saturated heterocycles. The van der Waals surface area contributed by atoms with Crippen molar-refractivity contribution in [2.75, 3.05) is 5.32 Å². The first kappa shape index (κ1) is 14.6. The summed E-state index contributed by atoms with van der Waals surface area (Å²) < 4.78 is 5.47. The molecule has 0 atom stereocenters. The number of anilines is 1. The quantitative estimate of drug-likeness (QED) is 0.929. The van der Waals surface area contributed by atoms with Crippen molar-refractivity contribution in [1.29, 1.82) is 0 Å². The van der Waals surface area contributed by atoms with Crippen molar-refractivity contribution in [1.82, 2.24) is 10.2 Å². The predicted molar refractivity (Wildman–Crippen MR) is 77.5 cm³/mol. The molecule has 1 amide bonds. The van der Waals surface area contributed by atoms with E-state index in [0.29, 0.717) is 22.9 Å². The largest absolute Gasteiger partial charge is 0.436 e. The Labute approximate surface area is 125 Å². The minimum Gasteiger partial charge on any atom is -0.436 e. The van der Waals surface area contributed by atoms with Crippen molar-refractivity contribution < 1.29 is 9.53 Å². The van der Waals surface area contributed by atoms with E-state index < -0.39 is 0 Å². The second-order valence-corrected chi connectivity index (χ2v) is 4.64. The SMILES string of the molecule is CCC(=O)Nc1ccc(Oc2ccc(Cl)nn2)c(Cl)c1. The average Bonchev–Trinajstić information content (AvgIpc) is 2.44. The van der Waals surface area contributed by atoms with Crippen LogP contribution in [0.15, 0.2) is 30.3 Å². The Morgan fingerprint density at radius 1 is 1.25 bits per heavy atom. The van der Waals surface area contributed by atoms with Crippen LogP contribution < -0.4 is 10.1 Å². The molecule has 7 heteroatoms. The monoisotopic (exact) mass is 311 g/mol. The van der Waals surface area contributed by atoms with E-state index in [1.54, 1.807) is 37.3 Å². The van der Waals surface area contributed by atoms with Gasteiger partial charge >= 0.3 is 0 Å². The van der Waals surface area contributed by atoms with Crippen molar-refractivity contribution in [3.05, 3.63) is 40.5 Å². The highest BCUT2D eigenvalue weighted by atomic mass is 35.5. The molecule has 0 aliphatic carbocycles. The average molecular weight is 312 g/mol. The van der Waals surface area contributed by atoms with Gasteiger partial charge in [-0.05, 0) is 24.3 Å². The van der Waals surface area contributed by atoms with Gasteiger partial charge in [0.25, 0.3) is 0 Å². The van der Waals surface area contributed by atoms with Gasteiger partial charge in [-0.1, -0.05) is 30.1 Å². The third-order valence-corrected chi connectivity index (χ3v) is 2.86. The zero-order chi connectivity index (χ0) is 14.5. The molecule has 0 saturated carbocycles. The Bertz CT molecular complexity index is 618. The summed E-state index contributed by atoms with van der Waals surface area (Å²) >= 11 is 11.7. The van der Waals surface area contributed by atoms with Gasteiger partial charge in [0.15, 0.2) is 5.15 Å². The smallest absolute Gasteiger partial charge is 0.239 e. The van der Waals surface area contributed by atoms with Crippen LogP contribution in [0.3, 0.4) is 0 Å². The minimum atomic E-state index is -0.0849. The first-order valence-electron chi connectivity index (χ1n) is 5.85. The Morgan fingerprint density at radius 3 is 2.65 bits per heavy atom. The number of benzene rings is 1. The molecule has 1 N–H and O–H groups in total. The van der Waals surface area contributed by atoms with Crippen LogP contribution in [0.2, 0.25) is 10.2 Å². The number of ether oxygens (including phenoxy) is 1. The Hall–Kier alpha value is -1.85. The molecule has 2 aromatic rings. The van der Waals surface area contributed by atoms with E-state index in [0.717, 1.165) is 0 Å². The molecule has 0 aliphatic rings. The molecule has 5 nitrogen and oxygen atoms in total. The van der Waals surface area contributed by atoms with Crippen LogP contribution in [-0.2, 0) is 4.79 Å². The van der Waals surface area contributed by atoms with Gasteiger partial charge in [-0.15, -0.1) is 10.2 Å². The molecular weight excluding hydrogens is 301 g/mol. The lowest BCUT2D eigenvalue weighted by atomic mass is 10.3. The van der Waals surface area contributed by atoms with E-state index in [-0.39, 0.29) is 16.9 Å². The Morgan fingerprint density at radius 2 is 2.05 bits per heavy atom. The van der Waals surface area contributed by atoms with Crippen molar-refractivity contribution >= 4 is 34.8 Å². The van der Waals surface area contributed by atoms with Gasteiger partial charge in [0.1, 0.15) is 5.75 Å². The van der Waals surface area contributed by atoms with Gasteiger partial charge in [0.2, 0.25) is 11.8 Å². The number of aromatic nitrogens is 2. The predicted octanol–water partition coefficient (Wildman–Crippen LogP) is 3.92. The summed E-state index contributed by atoms with van der Waals surface area (Å²) in [6.45, 7) is 1.77.